The predicted molar refractivity (Wildman–Crippen MR) is 67.9 cm³/mol. The Kier molecular flexibility index (Phi) is 5.92. The average molecular weight is 254 g/mol. The van der Waals surface area contributed by atoms with Gasteiger partial charge in [-0.05, 0) is 24.3 Å². The Hall–Kier alpha value is -2.46. The molecule has 17 heavy (non-hydrogen) atoms. The van der Waals surface area contributed by atoms with Crippen molar-refractivity contribution in [3.8, 4) is 6.07 Å². The van der Waals surface area contributed by atoms with Crippen LogP contribution in [0.3, 0.4) is 0 Å². The van der Waals surface area contributed by atoms with Crippen molar-refractivity contribution in [1.82, 2.24) is 10.9 Å². The highest BCUT2D eigenvalue weighted by atomic mass is 35.5. The number of hydrogen-bond acceptors (Lipinski definition) is 3. The second-order valence-electron chi connectivity index (χ2n) is 2.85. The van der Waals surface area contributed by atoms with Crippen LogP contribution in [0.5, 0.6) is 0 Å². The summed E-state index contributed by atoms with van der Waals surface area (Å²) >= 11 is 0. The minimum atomic E-state index is -0.286. The molecule has 0 aliphatic rings. The molecule has 0 heterocycles. The van der Waals surface area contributed by atoms with Gasteiger partial charge in [0.1, 0.15) is 0 Å². The van der Waals surface area contributed by atoms with Gasteiger partial charge in [-0.15, -0.1) is 12.4 Å². The first-order chi connectivity index (χ1) is 7.61. The lowest BCUT2D eigenvalue weighted by molar-refractivity contribution is 0.839. The number of nitrogens with zero attached hydrogens (tertiary/aromatic N) is 1. The van der Waals surface area contributed by atoms with E-state index in [0.29, 0.717) is 11.3 Å². The lowest BCUT2D eigenvalue weighted by atomic mass is 10.2. The van der Waals surface area contributed by atoms with Crippen LogP contribution in [0.15, 0.2) is 24.3 Å². The Morgan fingerprint density at radius 3 is 2.24 bits per heavy atom. The molecule has 0 saturated heterocycles. The number of halogens is 1. The zero-order valence-corrected chi connectivity index (χ0v) is 9.56. The highest BCUT2D eigenvalue weighted by molar-refractivity contribution is 5.92. The van der Waals surface area contributed by atoms with E-state index in [1.54, 1.807) is 24.3 Å². The van der Waals surface area contributed by atoms with E-state index < -0.39 is 0 Å². The van der Waals surface area contributed by atoms with Crippen LogP contribution in [0, 0.1) is 22.1 Å². The second-order valence-corrected chi connectivity index (χ2v) is 2.85. The van der Waals surface area contributed by atoms with Gasteiger partial charge in [0.15, 0.2) is 0 Å². The maximum atomic E-state index is 8.58. The van der Waals surface area contributed by atoms with E-state index in [9.17, 15) is 0 Å². The monoisotopic (exact) mass is 253 g/mol. The van der Waals surface area contributed by atoms with Crippen molar-refractivity contribution in [2.24, 2.45) is 5.73 Å². The largest absolute Gasteiger partial charge is 0.369 e. The predicted octanol–water partition coefficient (Wildman–Crippen LogP) is 0.314. The van der Waals surface area contributed by atoms with E-state index in [1.807, 2.05) is 6.07 Å². The van der Waals surface area contributed by atoms with Crippen LogP contribution >= 0.6 is 12.4 Å². The molecule has 0 unspecified atom stereocenters. The van der Waals surface area contributed by atoms with Gasteiger partial charge in [0, 0.05) is 5.69 Å². The Morgan fingerprint density at radius 1 is 1.18 bits per heavy atom. The Morgan fingerprint density at radius 2 is 1.76 bits per heavy atom. The molecule has 8 heteroatoms. The van der Waals surface area contributed by atoms with E-state index in [1.165, 1.54) is 0 Å². The molecule has 90 valence electrons. The first-order valence-electron chi connectivity index (χ1n) is 4.33. The number of guanidine groups is 2. The van der Waals surface area contributed by atoms with Crippen LogP contribution < -0.4 is 21.9 Å². The minimum Gasteiger partial charge on any atom is -0.369 e. The number of rotatable bonds is 1. The van der Waals surface area contributed by atoms with Gasteiger partial charge in [0.2, 0.25) is 11.9 Å². The number of hydrogen-bond donors (Lipinski definition) is 6. The zero-order chi connectivity index (χ0) is 12.0. The summed E-state index contributed by atoms with van der Waals surface area (Å²) in [4.78, 5) is 0. The van der Waals surface area contributed by atoms with Gasteiger partial charge in [-0.2, -0.15) is 5.26 Å². The van der Waals surface area contributed by atoms with Gasteiger partial charge >= 0.3 is 0 Å². The fraction of sp³-hybridized carbons (Fsp3) is 0. The third kappa shape index (κ3) is 5.25. The molecule has 0 spiro atoms. The quantitative estimate of drug-likeness (QED) is 0.243. The molecule has 1 aromatic carbocycles. The molecule has 0 aliphatic heterocycles. The third-order valence-electron chi connectivity index (χ3n) is 1.61. The van der Waals surface area contributed by atoms with Gasteiger partial charge in [0.25, 0.3) is 0 Å². The first-order valence-corrected chi connectivity index (χ1v) is 4.33. The lowest BCUT2D eigenvalue weighted by Crippen LogP contribution is -2.47. The Bertz CT molecular complexity index is 434. The first kappa shape index (κ1) is 14.5. The molecule has 0 aromatic heterocycles. The SMILES string of the molecule is Cl.N#Cc1ccc(NC(=N)NNC(=N)N)cc1. The fourth-order valence-corrected chi connectivity index (χ4v) is 0.934. The van der Waals surface area contributed by atoms with Crippen molar-refractivity contribution < 1.29 is 0 Å². The summed E-state index contributed by atoms with van der Waals surface area (Å²) in [5.41, 5.74) is 10.9. The maximum absolute atomic E-state index is 8.58. The molecule has 0 radical (unpaired) electrons. The van der Waals surface area contributed by atoms with E-state index in [-0.39, 0.29) is 24.3 Å². The summed E-state index contributed by atoms with van der Waals surface area (Å²) in [6.07, 6.45) is 0. The van der Waals surface area contributed by atoms with E-state index >= 15 is 0 Å². The summed E-state index contributed by atoms with van der Waals surface area (Å²) in [6, 6.07) is 8.60. The molecular weight excluding hydrogens is 242 g/mol. The molecule has 1 aromatic rings. The lowest BCUT2D eigenvalue weighted by Gasteiger charge is -2.10. The van der Waals surface area contributed by atoms with Gasteiger partial charge in [-0.1, -0.05) is 0 Å². The number of nitrogens with one attached hydrogen (secondary N) is 5. The number of nitriles is 1. The van der Waals surface area contributed by atoms with Crippen LogP contribution in [0.1, 0.15) is 5.56 Å². The molecule has 0 aliphatic carbocycles. The molecule has 0 fully saturated rings. The summed E-state index contributed by atoms with van der Waals surface area (Å²) in [6.45, 7) is 0. The second kappa shape index (κ2) is 6.92. The molecule has 0 atom stereocenters. The van der Waals surface area contributed by atoms with Crippen LogP contribution in [0.2, 0.25) is 0 Å². The summed E-state index contributed by atoms with van der Waals surface area (Å²) in [5, 5.41) is 25.6. The maximum Gasteiger partial charge on any atom is 0.212 e. The fourth-order valence-electron chi connectivity index (χ4n) is 0.934. The van der Waals surface area contributed by atoms with E-state index in [0.717, 1.165) is 0 Å². The highest BCUT2D eigenvalue weighted by Crippen LogP contribution is 2.07. The number of nitrogens with two attached hydrogens (primary N) is 1. The molecule has 7 nitrogen and oxygen atoms in total. The van der Waals surface area contributed by atoms with Crippen LogP contribution in [-0.4, -0.2) is 11.9 Å². The molecule has 1 rings (SSSR count). The normalized spacial score (nSPS) is 8.18. The van der Waals surface area contributed by atoms with Gasteiger partial charge < -0.3 is 11.1 Å². The Labute approximate surface area is 104 Å². The number of anilines is 1. The standard InChI is InChI=1S/C9H11N7.ClH/c10-5-6-1-3-7(4-2-6)14-9(13)16-15-8(11)12;/h1-4H,(H4,11,12,15)(H3,13,14,16);1H. The van der Waals surface area contributed by atoms with Crippen molar-refractivity contribution in [3.63, 3.8) is 0 Å². The topological polar surface area (TPSA) is 134 Å². The van der Waals surface area contributed by atoms with Crippen molar-refractivity contribution in [2.75, 3.05) is 5.32 Å². The van der Waals surface area contributed by atoms with Crippen molar-refractivity contribution >= 4 is 30.0 Å². The van der Waals surface area contributed by atoms with Gasteiger partial charge in [-0.3, -0.25) is 21.7 Å². The summed E-state index contributed by atoms with van der Waals surface area (Å²) in [5.74, 6) is -0.341. The molecular formula is C9H12ClN7. The third-order valence-corrected chi connectivity index (χ3v) is 1.61. The zero-order valence-electron chi connectivity index (χ0n) is 8.74. The van der Waals surface area contributed by atoms with E-state index in [2.05, 4.69) is 16.2 Å². The van der Waals surface area contributed by atoms with Crippen LogP contribution in [0.25, 0.3) is 0 Å². The van der Waals surface area contributed by atoms with E-state index in [4.69, 9.17) is 21.8 Å². The van der Waals surface area contributed by atoms with Gasteiger partial charge in [0.05, 0.1) is 11.6 Å². The summed E-state index contributed by atoms with van der Waals surface area (Å²) in [7, 11) is 0. The van der Waals surface area contributed by atoms with Crippen molar-refractivity contribution in [3.05, 3.63) is 29.8 Å². The highest BCUT2D eigenvalue weighted by Gasteiger charge is 1.97. The number of benzene rings is 1. The molecule has 7 N–H and O–H groups in total. The number of hydrazine groups is 1. The average Bonchev–Trinajstić information content (AvgIpc) is 2.27. The van der Waals surface area contributed by atoms with Crippen LogP contribution in [-0.2, 0) is 0 Å². The molecule has 0 saturated carbocycles. The van der Waals surface area contributed by atoms with Gasteiger partial charge in [-0.25, -0.2) is 0 Å². The summed E-state index contributed by atoms with van der Waals surface area (Å²) < 4.78 is 0. The smallest absolute Gasteiger partial charge is 0.212 e. The van der Waals surface area contributed by atoms with Crippen molar-refractivity contribution in [2.45, 2.75) is 0 Å². The Balaban J connectivity index is 0.00000256. The van der Waals surface area contributed by atoms with Crippen LogP contribution in [0.4, 0.5) is 5.69 Å². The molecule has 0 amide bonds. The molecule has 0 bridgehead atoms. The minimum absolute atomic E-state index is 0. The van der Waals surface area contributed by atoms with Crippen molar-refractivity contribution in [1.29, 1.82) is 16.1 Å².